The molecule has 0 saturated carbocycles. The summed E-state index contributed by atoms with van der Waals surface area (Å²) in [6.07, 6.45) is 2.61. The number of rotatable bonds is 8. The highest BCUT2D eigenvalue weighted by Gasteiger charge is 2.21. The molecule has 0 radical (unpaired) electrons. The molecule has 0 amide bonds. The summed E-state index contributed by atoms with van der Waals surface area (Å²) in [6, 6.07) is 14.4. The van der Waals surface area contributed by atoms with E-state index in [1.54, 1.807) is 6.07 Å². The largest absolute Gasteiger partial charge is 0.489 e. The zero-order valence-corrected chi connectivity index (χ0v) is 16.7. The maximum Gasteiger partial charge on any atom is 0.120 e. The number of ether oxygens (including phenoxy) is 1. The molecule has 3 nitrogen and oxygen atoms in total. The highest BCUT2D eigenvalue weighted by atomic mass is 35.5. The average Bonchev–Trinajstić information content (AvgIpc) is 3.09. The van der Waals surface area contributed by atoms with Crippen LogP contribution in [0.15, 0.2) is 42.5 Å². The van der Waals surface area contributed by atoms with Crippen LogP contribution in [0, 0.1) is 0 Å². The fourth-order valence-corrected chi connectivity index (χ4v) is 3.93. The van der Waals surface area contributed by atoms with Crippen LogP contribution in [-0.2, 0) is 13.2 Å². The van der Waals surface area contributed by atoms with E-state index in [1.165, 1.54) is 24.9 Å². The van der Waals surface area contributed by atoms with Crippen molar-refractivity contribution in [2.75, 3.05) is 19.6 Å². The minimum Gasteiger partial charge on any atom is -0.489 e. The standard InChI is InChI=1S/C21H26Cl2N2O/c1-2-25-10-4-6-19(25)14-24-13-16-5-3-7-20(11-16)26-15-17-8-9-18(22)12-21(17)23/h3,5,7-9,11-12,19,24H,2,4,6,10,13-15H2,1H3. The van der Waals surface area contributed by atoms with Crippen LogP contribution in [-0.4, -0.2) is 30.6 Å². The van der Waals surface area contributed by atoms with Crippen molar-refractivity contribution in [3.63, 3.8) is 0 Å². The lowest BCUT2D eigenvalue weighted by Gasteiger charge is -2.23. The third-order valence-electron chi connectivity index (χ3n) is 4.92. The lowest BCUT2D eigenvalue weighted by atomic mass is 10.2. The number of likely N-dealkylation sites (N-methyl/N-ethyl adjacent to an activating group) is 1. The van der Waals surface area contributed by atoms with Crippen LogP contribution in [0.5, 0.6) is 5.75 Å². The van der Waals surface area contributed by atoms with E-state index in [1.807, 2.05) is 24.3 Å². The maximum absolute atomic E-state index is 6.20. The van der Waals surface area contributed by atoms with E-state index in [4.69, 9.17) is 27.9 Å². The Hall–Kier alpha value is -1.26. The molecule has 1 aliphatic rings. The van der Waals surface area contributed by atoms with Gasteiger partial charge in [-0.05, 0) is 55.8 Å². The van der Waals surface area contributed by atoms with Gasteiger partial charge in [0.05, 0.1) is 0 Å². The molecule has 0 aromatic heterocycles. The molecule has 2 aromatic rings. The Balaban J connectivity index is 1.50. The summed E-state index contributed by atoms with van der Waals surface area (Å²) in [4.78, 5) is 2.56. The first-order chi connectivity index (χ1) is 12.7. The third kappa shape index (κ3) is 5.37. The van der Waals surface area contributed by atoms with E-state index in [2.05, 4.69) is 29.3 Å². The van der Waals surface area contributed by atoms with E-state index in [-0.39, 0.29) is 0 Å². The highest BCUT2D eigenvalue weighted by Crippen LogP contribution is 2.23. The molecule has 1 unspecified atom stereocenters. The van der Waals surface area contributed by atoms with Crippen LogP contribution in [0.1, 0.15) is 30.9 Å². The fourth-order valence-electron chi connectivity index (χ4n) is 3.47. The number of hydrogen-bond acceptors (Lipinski definition) is 3. The van der Waals surface area contributed by atoms with Gasteiger partial charge in [-0.15, -0.1) is 0 Å². The summed E-state index contributed by atoms with van der Waals surface area (Å²) in [5.74, 6) is 0.853. The molecular formula is C21H26Cl2N2O. The van der Waals surface area contributed by atoms with Gasteiger partial charge in [0.2, 0.25) is 0 Å². The van der Waals surface area contributed by atoms with Crippen LogP contribution < -0.4 is 10.1 Å². The summed E-state index contributed by atoms with van der Waals surface area (Å²) in [7, 11) is 0. The molecule has 0 aliphatic carbocycles. The van der Waals surface area contributed by atoms with Gasteiger partial charge in [0.25, 0.3) is 0 Å². The molecule has 1 fully saturated rings. The molecule has 0 spiro atoms. The molecule has 1 atom stereocenters. The average molecular weight is 393 g/mol. The SMILES string of the molecule is CCN1CCCC1CNCc1cccc(OCc2ccc(Cl)cc2Cl)c1. The fraction of sp³-hybridized carbons (Fsp3) is 0.429. The van der Waals surface area contributed by atoms with Crippen molar-refractivity contribution in [1.29, 1.82) is 0 Å². The first-order valence-corrected chi connectivity index (χ1v) is 10.0. The monoisotopic (exact) mass is 392 g/mol. The molecule has 5 heteroatoms. The van der Waals surface area contributed by atoms with Crippen molar-refractivity contribution in [3.8, 4) is 5.75 Å². The number of nitrogens with zero attached hydrogens (tertiary/aromatic N) is 1. The van der Waals surface area contributed by atoms with Gasteiger partial charge in [-0.3, -0.25) is 4.90 Å². The molecule has 26 heavy (non-hydrogen) atoms. The second kappa shape index (κ2) is 9.61. The number of likely N-dealkylation sites (tertiary alicyclic amines) is 1. The minimum absolute atomic E-state index is 0.431. The number of benzene rings is 2. The van der Waals surface area contributed by atoms with Gasteiger partial charge in [-0.25, -0.2) is 0 Å². The van der Waals surface area contributed by atoms with Crippen molar-refractivity contribution >= 4 is 23.2 Å². The first-order valence-electron chi connectivity index (χ1n) is 9.26. The first kappa shape index (κ1) is 19.5. The predicted molar refractivity (Wildman–Crippen MR) is 109 cm³/mol. The topological polar surface area (TPSA) is 24.5 Å². The predicted octanol–water partition coefficient (Wildman–Crippen LogP) is 5.15. The molecular weight excluding hydrogens is 367 g/mol. The molecule has 3 rings (SSSR count). The van der Waals surface area contributed by atoms with Crippen molar-refractivity contribution < 1.29 is 4.74 Å². The molecule has 0 bridgehead atoms. The van der Waals surface area contributed by atoms with Gasteiger partial charge in [0.1, 0.15) is 12.4 Å². The molecule has 1 N–H and O–H groups in total. The molecule has 2 aromatic carbocycles. The van der Waals surface area contributed by atoms with Gasteiger partial charge >= 0.3 is 0 Å². The van der Waals surface area contributed by atoms with Crippen molar-refractivity contribution in [3.05, 3.63) is 63.6 Å². The van der Waals surface area contributed by atoms with Gasteiger partial charge < -0.3 is 10.1 Å². The van der Waals surface area contributed by atoms with E-state index in [0.29, 0.717) is 22.7 Å². The van der Waals surface area contributed by atoms with Gasteiger partial charge in [-0.2, -0.15) is 0 Å². The summed E-state index contributed by atoms with van der Waals surface area (Å²) in [5.41, 5.74) is 2.16. The van der Waals surface area contributed by atoms with Crippen molar-refractivity contribution in [1.82, 2.24) is 10.2 Å². The minimum atomic E-state index is 0.431. The second-order valence-electron chi connectivity index (χ2n) is 6.73. The van der Waals surface area contributed by atoms with Crippen LogP contribution in [0.3, 0.4) is 0 Å². The quantitative estimate of drug-likeness (QED) is 0.672. The van der Waals surface area contributed by atoms with E-state index in [0.717, 1.165) is 30.9 Å². The Bertz CT molecular complexity index is 723. The van der Waals surface area contributed by atoms with Crippen molar-refractivity contribution in [2.24, 2.45) is 0 Å². The Morgan fingerprint density at radius 1 is 1.19 bits per heavy atom. The molecule has 140 valence electrons. The van der Waals surface area contributed by atoms with Crippen LogP contribution in [0.25, 0.3) is 0 Å². The molecule has 1 heterocycles. The van der Waals surface area contributed by atoms with E-state index < -0.39 is 0 Å². The Morgan fingerprint density at radius 3 is 2.88 bits per heavy atom. The smallest absolute Gasteiger partial charge is 0.120 e. The number of hydrogen-bond donors (Lipinski definition) is 1. The summed E-state index contributed by atoms with van der Waals surface area (Å²) < 4.78 is 5.90. The van der Waals surface area contributed by atoms with E-state index in [9.17, 15) is 0 Å². The van der Waals surface area contributed by atoms with Crippen LogP contribution >= 0.6 is 23.2 Å². The summed E-state index contributed by atoms with van der Waals surface area (Å²) >= 11 is 12.1. The van der Waals surface area contributed by atoms with Crippen LogP contribution in [0.4, 0.5) is 0 Å². The van der Waals surface area contributed by atoms with Gasteiger partial charge in [0.15, 0.2) is 0 Å². The Labute approximate surface area is 166 Å². The maximum atomic E-state index is 6.20. The highest BCUT2D eigenvalue weighted by molar-refractivity contribution is 6.35. The lowest BCUT2D eigenvalue weighted by molar-refractivity contribution is 0.260. The van der Waals surface area contributed by atoms with Gasteiger partial charge in [0, 0.05) is 34.7 Å². The lowest BCUT2D eigenvalue weighted by Crippen LogP contribution is -2.37. The zero-order chi connectivity index (χ0) is 18.4. The second-order valence-corrected chi connectivity index (χ2v) is 7.57. The molecule has 1 aliphatic heterocycles. The van der Waals surface area contributed by atoms with Gasteiger partial charge in [-0.1, -0.05) is 48.3 Å². The zero-order valence-electron chi connectivity index (χ0n) is 15.2. The third-order valence-corrected chi connectivity index (χ3v) is 5.51. The Morgan fingerprint density at radius 2 is 2.08 bits per heavy atom. The Kier molecular flexibility index (Phi) is 7.21. The van der Waals surface area contributed by atoms with Crippen molar-refractivity contribution in [2.45, 2.75) is 39.0 Å². The number of nitrogens with one attached hydrogen (secondary N) is 1. The summed E-state index contributed by atoms with van der Waals surface area (Å²) in [5, 5.41) is 4.86. The normalized spacial score (nSPS) is 17.6. The molecule has 1 saturated heterocycles. The van der Waals surface area contributed by atoms with E-state index >= 15 is 0 Å². The van der Waals surface area contributed by atoms with Crippen LogP contribution in [0.2, 0.25) is 10.0 Å². The summed E-state index contributed by atoms with van der Waals surface area (Å²) in [6.45, 7) is 6.95. The number of halogens is 2.